The van der Waals surface area contributed by atoms with Gasteiger partial charge in [0.15, 0.2) is 5.69 Å². The number of carbonyl (C=O) groups excluding carboxylic acids is 1. The summed E-state index contributed by atoms with van der Waals surface area (Å²) >= 11 is 7.32. The van der Waals surface area contributed by atoms with Crippen molar-refractivity contribution in [3.05, 3.63) is 50.7 Å². The van der Waals surface area contributed by atoms with Gasteiger partial charge in [-0.3, -0.25) is 4.79 Å². The van der Waals surface area contributed by atoms with E-state index < -0.39 is 11.5 Å². The van der Waals surface area contributed by atoms with Gasteiger partial charge in [-0.05, 0) is 19.1 Å². The number of benzene rings is 1. The highest BCUT2D eigenvalue weighted by Gasteiger charge is 2.22. The second kappa shape index (κ2) is 6.02. The number of ether oxygens (including phenoxy) is 1. The zero-order chi connectivity index (χ0) is 16.6. The Hall–Kier alpha value is -2.38. The zero-order valence-corrected chi connectivity index (χ0v) is 13.6. The van der Waals surface area contributed by atoms with Crippen molar-refractivity contribution in [1.82, 2.24) is 9.78 Å². The Labute approximate surface area is 140 Å². The maximum absolute atomic E-state index is 12.7. The first-order chi connectivity index (χ1) is 11.0. The molecule has 0 bridgehead atoms. The van der Waals surface area contributed by atoms with Gasteiger partial charge in [-0.1, -0.05) is 23.7 Å². The summed E-state index contributed by atoms with van der Waals surface area (Å²) in [6, 6.07) is 6.73. The summed E-state index contributed by atoms with van der Waals surface area (Å²) in [7, 11) is 0. The summed E-state index contributed by atoms with van der Waals surface area (Å²) < 4.78 is 6.10. The number of hydrogen-bond acceptors (Lipinski definition) is 6. The van der Waals surface area contributed by atoms with Gasteiger partial charge in [0.1, 0.15) is 0 Å². The number of thiophene rings is 1. The normalized spacial score (nSPS) is 10.9. The van der Waals surface area contributed by atoms with Crippen molar-refractivity contribution in [2.75, 3.05) is 12.3 Å². The van der Waals surface area contributed by atoms with Crippen molar-refractivity contribution in [3.8, 4) is 5.69 Å². The minimum atomic E-state index is -0.615. The lowest BCUT2D eigenvalue weighted by atomic mass is 10.2. The van der Waals surface area contributed by atoms with E-state index in [-0.39, 0.29) is 17.7 Å². The highest BCUT2D eigenvalue weighted by atomic mass is 35.5. The molecule has 2 heterocycles. The van der Waals surface area contributed by atoms with Crippen LogP contribution in [0.2, 0.25) is 5.02 Å². The van der Waals surface area contributed by atoms with Crippen LogP contribution in [-0.4, -0.2) is 22.4 Å². The molecule has 1 aromatic carbocycles. The molecule has 0 aliphatic carbocycles. The van der Waals surface area contributed by atoms with E-state index in [4.69, 9.17) is 22.1 Å². The molecule has 0 fully saturated rings. The highest BCUT2D eigenvalue weighted by molar-refractivity contribution is 7.15. The molecule has 0 spiro atoms. The Balaban J connectivity index is 2.38. The number of hydrogen-bond donors (Lipinski definition) is 1. The van der Waals surface area contributed by atoms with Gasteiger partial charge in [-0.2, -0.15) is 9.78 Å². The zero-order valence-electron chi connectivity index (χ0n) is 12.1. The maximum Gasteiger partial charge on any atom is 0.359 e. The molecule has 0 radical (unpaired) electrons. The van der Waals surface area contributed by atoms with E-state index in [1.54, 1.807) is 36.6 Å². The second-order valence-electron chi connectivity index (χ2n) is 4.63. The van der Waals surface area contributed by atoms with Crippen LogP contribution in [0, 0.1) is 0 Å². The Bertz CT molecular complexity index is 964. The molecule has 0 saturated carbocycles. The number of nitrogen functional groups attached to an aromatic ring is 1. The van der Waals surface area contributed by atoms with Crippen LogP contribution in [0.25, 0.3) is 16.5 Å². The maximum atomic E-state index is 12.7. The SMILES string of the molecule is CCOC(=O)c1nn(-c2ccccc2Cl)c(=O)c2c(N)scc12. The quantitative estimate of drug-likeness (QED) is 0.734. The summed E-state index contributed by atoms with van der Waals surface area (Å²) in [6.45, 7) is 1.90. The lowest BCUT2D eigenvalue weighted by Gasteiger charge is -2.10. The number of carbonyl (C=O) groups is 1. The Kier molecular flexibility index (Phi) is 4.06. The van der Waals surface area contributed by atoms with Gasteiger partial charge in [-0.25, -0.2) is 4.79 Å². The molecular formula is C15H12ClN3O3S. The Morgan fingerprint density at radius 3 is 2.87 bits per heavy atom. The van der Waals surface area contributed by atoms with E-state index in [1.807, 2.05) is 0 Å². The fraction of sp³-hybridized carbons (Fsp3) is 0.133. The minimum absolute atomic E-state index is 0.0364. The third-order valence-electron chi connectivity index (χ3n) is 3.23. The summed E-state index contributed by atoms with van der Waals surface area (Å²) in [4.78, 5) is 24.9. The third kappa shape index (κ3) is 2.58. The second-order valence-corrected chi connectivity index (χ2v) is 5.94. The van der Waals surface area contributed by atoms with Crippen LogP contribution in [-0.2, 0) is 4.74 Å². The lowest BCUT2D eigenvalue weighted by Crippen LogP contribution is -2.25. The molecule has 8 heteroatoms. The molecule has 0 saturated heterocycles. The molecule has 0 unspecified atom stereocenters. The van der Waals surface area contributed by atoms with E-state index in [9.17, 15) is 9.59 Å². The number of rotatable bonds is 3. The molecule has 3 rings (SSSR count). The molecule has 3 aromatic rings. The van der Waals surface area contributed by atoms with E-state index in [2.05, 4.69) is 5.10 Å². The van der Waals surface area contributed by atoms with Crippen LogP contribution in [0.15, 0.2) is 34.4 Å². The van der Waals surface area contributed by atoms with Crippen LogP contribution in [0.4, 0.5) is 5.00 Å². The van der Waals surface area contributed by atoms with Crippen LogP contribution in [0.3, 0.4) is 0 Å². The van der Waals surface area contributed by atoms with Gasteiger partial charge >= 0.3 is 5.97 Å². The number of esters is 1. The molecule has 0 aliphatic heterocycles. The van der Waals surface area contributed by atoms with Gasteiger partial charge in [0.25, 0.3) is 5.56 Å². The topological polar surface area (TPSA) is 87.2 Å². The predicted molar refractivity (Wildman–Crippen MR) is 90.6 cm³/mol. The van der Waals surface area contributed by atoms with Crippen molar-refractivity contribution in [2.24, 2.45) is 0 Å². The molecule has 6 nitrogen and oxygen atoms in total. The highest BCUT2D eigenvalue weighted by Crippen LogP contribution is 2.28. The third-order valence-corrected chi connectivity index (χ3v) is 4.36. The van der Waals surface area contributed by atoms with Gasteiger partial charge in [0.05, 0.1) is 27.7 Å². The smallest absolute Gasteiger partial charge is 0.359 e. The number of aromatic nitrogens is 2. The van der Waals surface area contributed by atoms with E-state index in [0.717, 1.165) is 4.68 Å². The summed E-state index contributed by atoms with van der Waals surface area (Å²) in [5.41, 5.74) is 5.88. The van der Waals surface area contributed by atoms with Gasteiger partial charge in [0.2, 0.25) is 0 Å². The average Bonchev–Trinajstić information content (AvgIpc) is 2.91. The summed E-state index contributed by atoms with van der Waals surface area (Å²) in [5.74, 6) is -0.615. The lowest BCUT2D eigenvalue weighted by molar-refractivity contribution is 0.0520. The van der Waals surface area contributed by atoms with Gasteiger partial charge < -0.3 is 10.5 Å². The summed E-state index contributed by atoms with van der Waals surface area (Å²) in [6.07, 6.45) is 0. The number of nitrogens with zero attached hydrogens (tertiary/aromatic N) is 2. The van der Waals surface area contributed by atoms with Gasteiger partial charge in [0, 0.05) is 10.8 Å². The van der Waals surface area contributed by atoms with Crippen molar-refractivity contribution < 1.29 is 9.53 Å². The van der Waals surface area contributed by atoms with Crippen molar-refractivity contribution in [2.45, 2.75) is 6.92 Å². The molecule has 118 valence electrons. The monoisotopic (exact) mass is 349 g/mol. The van der Waals surface area contributed by atoms with Crippen LogP contribution in [0.1, 0.15) is 17.4 Å². The van der Waals surface area contributed by atoms with Crippen LogP contribution < -0.4 is 11.3 Å². The van der Waals surface area contributed by atoms with E-state index in [0.29, 0.717) is 21.1 Å². The molecule has 0 aliphatic rings. The summed E-state index contributed by atoms with van der Waals surface area (Å²) in [5, 5.41) is 7.07. The number of anilines is 1. The molecule has 2 N–H and O–H groups in total. The molecule has 23 heavy (non-hydrogen) atoms. The first-order valence-electron chi connectivity index (χ1n) is 6.76. The average molecular weight is 350 g/mol. The number of halogens is 1. The van der Waals surface area contributed by atoms with Crippen LogP contribution in [0.5, 0.6) is 0 Å². The fourth-order valence-corrected chi connectivity index (χ4v) is 3.22. The standard InChI is InChI=1S/C15H12ClN3O3S/c1-2-22-15(21)12-8-7-23-13(17)11(8)14(20)19(18-12)10-6-4-3-5-9(10)16/h3-7H,2,17H2,1H3. The number of para-hydroxylation sites is 1. The predicted octanol–water partition coefficient (Wildman–Crippen LogP) is 2.86. The molecule has 0 atom stereocenters. The van der Waals surface area contributed by atoms with E-state index in [1.165, 1.54) is 11.3 Å². The molecule has 2 aromatic heterocycles. The van der Waals surface area contributed by atoms with Crippen molar-refractivity contribution in [1.29, 1.82) is 0 Å². The minimum Gasteiger partial charge on any atom is -0.461 e. The van der Waals surface area contributed by atoms with Gasteiger partial charge in [-0.15, -0.1) is 11.3 Å². The van der Waals surface area contributed by atoms with Crippen molar-refractivity contribution >= 4 is 44.7 Å². The molecular weight excluding hydrogens is 338 g/mol. The Morgan fingerprint density at radius 2 is 2.17 bits per heavy atom. The Morgan fingerprint density at radius 1 is 1.43 bits per heavy atom. The van der Waals surface area contributed by atoms with Crippen molar-refractivity contribution in [3.63, 3.8) is 0 Å². The first kappa shape index (κ1) is 15.5. The van der Waals surface area contributed by atoms with Crippen LogP contribution >= 0.6 is 22.9 Å². The molecule has 0 amide bonds. The number of fused-ring (bicyclic) bond motifs is 1. The number of nitrogens with two attached hydrogens (primary N) is 1. The van der Waals surface area contributed by atoms with E-state index >= 15 is 0 Å². The fourth-order valence-electron chi connectivity index (χ4n) is 2.21. The first-order valence-corrected chi connectivity index (χ1v) is 8.02. The largest absolute Gasteiger partial charge is 0.461 e.